The zero-order valence-electron chi connectivity index (χ0n) is 21.7. The van der Waals surface area contributed by atoms with Crippen LogP contribution in [0.3, 0.4) is 0 Å². The lowest BCUT2D eigenvalue weighted by molar-refractivity contribution is -0.165. The molecule has 1 fully saturated rings. The summed E-state index contributed by atoms with van der Waals surface area (Å²) in [4.78, 5) is 33.5. The van der Waals surface area contributed by atoms with E-state index in [1.165, 1.54) is 7.11 Å². The van der Waals surface area contributed by atoms with E-state index in [2.05, 4.69) is 6.07 Å². The van der Waals surface area contributed by atoms with E-state index < -0.39 is 23.5 Å². The van der Waals surface area contributed by atoms with Crippen LogP contribution in [-0.2, 0) is 31.5 Å². The molecule has 3 atom stereocenters. The fraction of sp³-hybridized carbons (Fsp3) is 0.429. The van der Waals surface area contributed by atoms with E-state index in [0.29, 0.717) is 35.6 Å². The number of aromatic nitrogens is 2. The van der Waals surface area contributed by atoms with Crippen LogP contribution < -0.4 is 5.73 Å². The summed E-state index contributed by atoms with van der Waals surface area (Å²) in [7, 11) is 3.31. The highest BCUT2D eigenvalue weighted by molar-refractivity contribution is 5.96. The van der Waals surface area contributed by atoms with Gasteiger partial charge in [-0.05, 0) is 62.1 Å². The SMILES string of the molecule is CCOC(=O)C(OC)C(C)(C(=O)N1CCCC1)c1ccc2c(c1)nc(C(N)c1ccc(C#N)cc1)n2C. The highest BCUT2D eigenvalue weighted by atomic mass is 16.6. The van der Waals surface area contributed by atoms with Gasteiger partial charge in [0.1, 0.15) is 11.2 Å². The predicted octanol–water partition coefficient (Wildman–Crippen LogP) is 2.95. The Hall–Kier alpha value is -3.74. The highest BCUT2D eigenvalue weighted by Gasteiger charge is 2.50. The molecule has 9 heteroatoms. The number of rotatable bonds is 8. The van der Waals surface area contributed by atoms with E-state index in [9.17, 15) is 9.59 Å². The molecule has 1 saturated heterocycles. The molecule has 4 rings (SSSR count). The third kappa shape index (κ3) is 4.70. The van der Waals surface area contributed by atoms with E-state index in [4.69, 9.17) is 25.5 Å². The van der Waals surface area contributed by atoms with Crippen LogP contribution in [-0.4, -0.2) is 59.2 Å². The molecular weight excluding hydrogens is 470 g/mol. The predicted molar refractivity (Wildman–Crippen MR) is 138 cm³/mol. The first-order chi connectivity index (χ1) is 17.8. The van der Waals surface area contributed by atoms with Gasteiger partial charge in [0.05, 0.1) is 35.3 Å². The number of ether oxygens (including phenoxy) is 2. The fourth-order valence-corrected chi connectivity index (χ4v) is 5.15. The largest absolute Gasteiger partial charge is 0.464 e. The minimum atomic E-state index is -1.31. The van der Waals surface area contributed by atoms with Crippen molar-refractivity contribution in [1.82, 2.24) is 14.5 Å². The quantitative estimate of drug-likeness (QED) is 0.469. The molecule has 1 aliphatic heterocycles. The van der Waals surface area contributed by atoms with Crippen molar-refractivity contribution in [2.75, 3.05) is 26.8 Å². The average Bonchev–Trinajstić information content (AvgIpc) is 3.56. The Morgan fingerprint density at radius 3 is 2.46 bits per heavy atom. The Morgan fingerprint density at radius 1 is 1.19 bits per heavy atom. The van der Waals surface area contributed by atoms with Gasteiger partial charge in [0.25, 0.3) is 0 Å². The maximum Gasteiger partial charge on any atom is 0.336 e. The number of carbonyl (C=O) groups is 2. The van der Waals surface area contributed by atoms with Crippen LogP contribution in [0.4, 0.5) is 0 Å². The van der Waals surface area contributed by atoms with Gasteiger partial charge in [0.2, 0.25) is 5.91 Å². The number of nitriles is 1. The third-order valence-corrected chi connectivity index (χ3v) is 7.29. The Kier molecular flexibility index (Phi) is 7.62. The number of esters is 1. The second-order valence-electron chi connectivity index (χ2n) is 9.51. The van der Waals surface area contributed by atoms with Crippen molar-refractivity contribution >= 4 is 22.9 Å². The second kappa shape index (κ2) is 10.7. The molecule has 3 aromatic rings. The fourth-order valence-electron chi connectivity index (χ4n) is 5.15. The summed E-state index contributed by atoms with van der Waals surface area (Å²) < 4.78 is 12.8. The summed E-state index contributed by atoms with van der Waals surface area (Å²) in [5.41, 5.74) is 8.74. The molecule has 1 aromatic heterocycles. The summed E-state index contributed by atoms with van der Waals surface area (Å²) in [6.07, 6.45) is 0.728. The number of amides is 1. The molecule has 0 bridgehead atoms. The Morgan fingerprint density at radius 2 is 1.86 bits per heavy atom. The van der Waals surface area contributed by atoms with Gasteiger partial charge in [0.15, 0.2) is 6.10 Å². The Bertz CT molecular complexity index is 1340. The molecule has 0 aliphatic carbocycles. The number of hydrogen-bond donors (Lipinski definition) is 1. The lowest BCUT2D eigenvalue weighted by atomic mass is 9.75. The number of carbonyl (C=O) groups excluding carboxylic acids is 2. The second-order valence-corrected chi connectivity index (χ2v) is 9.51. The van der Waals surface area contributed by atoms with Crippen molar-refractivity contribution < 1.29 is 19.1 Å². The summed E-state index contributed by atoms with van der Waals surface area (Å²) >= 11 is 0. The van der Waals surface area contributed by atoms with Gasteiger partial charge < -0.3 is 24.7 Å². The summed E-state index contributed by atoms with van der Waals surface area (Å²) in [5.74, 6) is -0.113. The molecule has 1 amide bonds. The molecule has 194 valence electrons. The number of nitrogens with zero attached hydrogens (tertiary/aromatic N) is 4. The molecule has 3 unspecified atom stereocenters. The van der Waals surface area contributed by atoms with Gasteiger partial charge in [-0.1, -0.05) is 18.2 Å². The van der Waals surface area contributed by atoms with Crippen LogP contribution >= 0.6 is 0 Å². The number of methoxy groups -OCH3 is 1. The molecule has 37 heavy (non-hydrogen) atoms. The van der Waals surface area contributed by atoms with Crippen LogP contribution in [0.5, 0.6) is 0 Å². The van der Waals surface area contributed by atoms with Crippen LogP contribution in [0.15, 0.2) is 42.5 Å². The number of aryl methyl sites for hydroxylation is 1. The summed E-state index contributed by atoms with van der Waals surface area (Å²) in [5, 5.41) is 9.08. The van der Waals surface area contributed by atoms with Crippen LogP contribution in [0.1, 0.15) is 55.2 Å². The standard InChI is InChI=1S/C28H33N5O4/c1-5-37-26(34)24(36-4)28(2,27(35)33-14-6-7-15-33)20-12-13-22-21(16-20)31-25(32(22)3)23(30)19-10-8-18(17-29)9-11-19/h8-13,16,23-24H,5-7,14-15,30H2,1-4H3. The van der Waals surface area contributed by atoms with Crippen molar-refractivity contribution in [1.29, 1.82) is 5.26 Å². The van der Waals surface area contributed by atoms with Gasteiger partial charge >= 0.3 is 5.97 Å². The topological polar surface area (TPSA) is 123 Å². The molecule has 9 nitrogen and oxygen atoms in total. The minimum Gasteiger partial charge on any atom is -0.464 e. The van der Waals surface area contributed by atoms with E-state index >= 15 is 0 Å². The van der Waals surface area contributed by atoms with Crippen LogP contribution in [0.2, 0.25) is 0 Å². The molecule has 2 heterocycles. The van der Waals surface area contributed by atoms with Crippen molar-refractivity contribution in [3.05, 3.63) is 65.0 Å². The van der Waals surface area contributed by atoms with Crippen molar-refractivity contribution in [3.63, 3.8) is 0 Å². The lowest BCUT2D eigenvalue weighted by Crippen LogP contribution is -2.55. The van der Waals surface area contributed by atoms with Crippen molar-refractivity contribution in [2.24, 2.45) is 12.8 Å². The summed E-state index contributed by atoms with van der Waals surface area (Å²) in [6.45, 7) is 4.93. The van der Waals surface area contributed by atoms with Gasteiger partial charge in [-0.15, -0.1) is 0 Å². The van der Waals surface area contributed by atoms with Gasteiger partial charge in [-0.2, -0.15) is 5.26 Å². The molecule has 0 radical (unpaired) electrons. The zero-order chi connectivity index (χ0) is 26.7. The normalized spacial score (nSPS) is 16.7. The van der Waals surface area contributed by atoms with Crippen molar-refractivity contribution in [3.8, 4) is 6.07 Å². The van der Waals surface area contributed by atoms with Crippen LogP contribution in [0, 0.1) is 11.3 Å². The third-order valence-electron chi connectivity index (χ3n) is 7.29. The molecule has 0 saturated carbocycles. The van der Waals surface area contributed by atoms with Crippen molar-refractivity contribution in [2.45, 2.75) is 44.2 Å². The first-order valence-corrected chi connectivity index (χ1v) is 12.5. The van der Waals surface area contributed by atoms with E-state index in [1.807, 2.05) is 41.9 Å². The molecule has 0 spiro atoms. The Labute approximate surface area is 216 Å². The maximum atomic E-state index is 13.9. The maximum absolute atomic E-state index is 13.9. The van der Waals surface area contributed by atoms with E-state index in [-0.39, 0.29) is 12.5 Å². The van der Waals surface area contributed by atoms with Crippen LogP contribution in [0.25, 0.3) is 11.0 Å². The number of hydrogen-bond acceptors (Lipinski definition) is 7. The van der Waals surface area contributed by atoms with E-state index in [0.717, 1.165) is 23.9 Å². The van der Waals surface area contributed by atoms with E-state index in [1.54, 1.807) is 30.9 Å². The number of likely N-dealkylation sites (tertiary alicyclic amines) is 1. The first-order valence-electron chi connectivity index (χ1n) is 12.5. The monoisotopic (exact) mass is 503 g/mol. The van der Waals surface area contributed by atoms with Gasteiger partial charge in [-0.3, -0.25) is 4.79 Å². The van der Waals surface area contributed by atoms with Gasteiger partial charge in [0, 0.05) is 27.2 Å². The number of fused-ring (bicyclic) bond motifs is 1. The minimum absolute atomic E-state index is 0.172. The molecule has 1 aliphatic rings. The number of imidazole rings is 1. The highest BCUT2D eigenvalue weighted by Crippen LogP contribution is 2.36. The molecular formula is C28H33N5O4. The average molecular weight is 504 g/mol. The number of benzene rings is 2. The summed E-state index contributed by atoms with van der Waals surface area (Å²) in [6, 6.07) is 14.3. The molecule has 2 aromatic carbocycles. The molecule has 2 N–H and O–H groups in total. The lowest BCUT2D eigenvalue weighted by Gasteiger charge is -2.37. The number of nitrogens with two attached hydrogens (primary N) is 1. The van der Waals surface area contributed by atoms with Gasteiger partial charge in [-0.25, -0.2) is 9.78 Å². The zero-order valence-corrected chi connectivity index (χ0v) is 21.7. The smallest absolute Gasteiger partial charge is 0.336 e. The first kappa shape index (κ1) is 26.3. The Balaban J connectivity index is 1.79.